The van der Waals surface area contributed by atoms with Crippen molar-refractivity contribution >= 4 is 40.1 Å². The highest BCUT2D eigenvalue weighted by Crippen LogP contribution is 2.31. The number of carbonyl (C=O) groups excluding carboxylic acids is 1. The van der Waals surface area contributed by atoms with Gasteiger partial charge < -0.3 is 14.6 Å². The second-order valence-corrected chi connectivity index (χ2v) is 8.69. The lowest BCUT2D eigenvalue weighted by molar-refractivity contribution is -0.123. The van der Waals surface area contributed by atoms with Crippen LogP contribution in [0.15, 0.2) is 36.4 Å². The van der Waals surface area contributed by atoms with E-state index in [0.717, 1.165) is 43.9 Å². The number of ether oxygens (including phenoxy) is 1. The van der Waals surface area contributed by atoms with Gasteiger partial charge >= 0.3 is 0 Å². The fraction of sp³-hybridized carbons (Fsp3) is 0.391. The summed E-state index contributed by atoms with van der Waals surface area (Å²) in [5.41, 5.74) is 2.27. The summed E-state index contributed by atoms with van der Waals surface area (Å²) in [7, 11) is 0. The predicted octanol–water partition coefficient (Wildman–Crippen LogP) is 4.08. The molecule has 9 heteroatoms. The smallest absolute Gasteiger partial charge is 0.242 e. The summed E-state index contributed by atoms with van der Waals surface area (Å²) < 4.78 is 20.6. The number of fused-ring (bicyclic) bond motifs is 1. The number of benzene rings is 2. The fourth-order valence-corrected chi connectivity index (χ4v) is 4.22. The molecule has 0 saturated carbocycles. The van der Waals surface area contributed by atoms with Crippen molar-refractivity contribution in [2.45, 2.75) is 19.4 Å². The second kappa shape index (κ2) is 10.2. The van der Waals surface area contributed by atoms with Crippen LogP contribution in [-0.2, 0) is 16.0 Å². The lowest BCUT2D eigenvalue weighted by Crippen LogP contribution is -2.42. The molecule has 0 bridgehead atoms. The van der Waals surface area contributed by atoms with Crippen molar-refractivity contribution in [3.05, 3.63) is 63.6 Å². The van der Waals surface area contributed by atoms with Crippen LogP contribution in [0.2, 0.25) is 10.0 Å². The summed E-state index contributed by atoms with van der Waals surface area (Å²) >= 11 is 12.5. The molecule has 3 aromatic rings. The van der Waals surface area contributed by atoms with Crippen molar-refractivity contribution in [3.8, 4) is 0 Å². The number of hydrogen-bond donors (Lipinski definition) is 1. The number of aromatic nitrogens is 2. The third kappa shape index (κ3) is 5.23. The summed E-state index contributed by atoms with van der Waals surface area (Å²) in [6.45, 7) is 6.36. The Morgan fingerprint density at radius 3 is 2.59 bits per heavy atom. The van der Waals surface area contributed by atoms with Gasteiger partial charge in [0.1, 0.15) is 17.7 Å². The molecule has 1 saturated heterocycles. The van der Waals surface area contributed by atoms with Crippen LogP contribution in [0.25, 0.3) is 11.0 Å². The molecule has 1 amide bonds. The molecule has 1 aliphatic rings. The number of halogens is 3. The Morgan fingerprint density at radius 1 is 1.19 bits per heavy atom. The highest BCUT2D eigenvalue weighted by molar-refractivity contribution is 6.42. The molecular formula is C23H25Cl2FN4O2. The Labute approximate surface area is 196 Å². The number of carbonyl (C=O) groups is 1. The zero-order valence-corrected chi connectivity index (χ0v) is 19.3. The zero-order valence-electron chi connectivity index (χ0n) is 17.8. The standard InChI is InChI=1S/C23H25Cl2FN4O2/c1-15(23(31)27-6-7-29-8-10-32-11-9-29)30-21-14-19(25)18(24)13-20(21)28-22(30)12-16-2-4-17(26)5-3-16/h2-5,13-15H,6-12H2,1H3,(H,27,31)/t15-/m1/s1. The number of nitrogens with one attached hydrogen (secondary N) is 1. The van der Waals surface area contributed by atoms with Gasteiger partial charge in [-0.3, -0.25) is 9.69 Å². The largest absolute Gasteiger partial charge is 0.379 e. The molecule has 170 valence electrons. The van der Waals surface area contributed by atoms with Crippen LogP contribution >= 0.6 is 23.2 Å². The minimum atomic E-state index is -0.516. The van der Waals surface area contributed by atoms with Crippen LogP contribution in [0.5, 0.6) is 0 Å². The van der Waals surface area contributed by atoms with Gasteiger partial charge in [-0.25, -0.2) is 9.37 Å². The average molecular weight is 479 g/mol. The summed E-state index contributed by atoms with van der Waals surface area (Å²) in [6, 6.07) is 9.18. The van der Waals surface area contributed by atoms with E-state index in [-0.39, 0.29) is 11.7 Å². The van der Waals surface area contributed by atoms with E-state index in [2.05, 4.69) is 10.2 Å². The molecular weight excluding hydrogens is 454 g/mol. The quantitative estimate of drug-likeness (QED) is 0.555. The molecule has 0 unspecified atom stereocenters. The predicted molar refractivity (Wildman–Crippen MR) is 124 cm³/mol. The van der Waals surface area contributed by atoms with Gasteiger partial charge in [-0.2, -0.15) is 0 Å². The van der Waals surface area contributed by atoms with Gasteiger partial charge in [0, 0.05) is 32.6 Å². The van der Waals surface area contributed by atoms with Crippen molar-refractivity contribution in [1.29, 1.82) is 0 Å². The SMILES string of the molecule is C[C@H](C(=O)NCCN1CCOCC1)n1c(Cc2ccc(F)cc2)nc2cc(Cl)c(Cl)cc21. The van der Waals surface area contributed by atoms with Gasteiger partial charge in [0.15, 0.2) is 0 Å². The van der Waals surface area contributed by atoms with E-state index in [9.17, 15) is 9.18 Å². The van der Waals surface area contributed by atoms with E-state index in [1.54, 1.807) is 24.3 Å². The van der Waals surface area contributed by atoms with Gasteiger partial charge in [-0.15, -0.1) is 0 Å². The molecule has 1 aliphatic heterocycles. The van der Waals surface area contributed by atoms with Crippen LogP contribution in [0, 0.1) is 5.82 Å². The Bertz CT molecular complexity index is 1100. The first kappa shape index (κ1) is 23.0. The highest BCUT2D eigenvalue weighted by atomic mass is 35.5. The maximum absolute atomic E-state index is 13.3. The Kier molecular flexibility index (Phi) is 7.30. The van der Waals surface area contributed by atoms with Crippen LogP contribution in [-0.4, -0.2) is 59.8 Å². The molecule has 32 heavy (non-hydrogen) atoms. The molecule has 4 rings (SSSR count). The summed E-state index contributed by atoms with van der Waals surface area (Å²) in [5.74, 6) is 0.276. The first-order valence-electron chi connectivity index (χ1n) is 10.6. The molecule has 1 fully saturated rings. The van der Waals surface area contributed by atoms with E-state index in [1.807, 2.05) is 11.5 Å². The maximum Gasteiger partial charge on any atom is 0.242 e. The number of morpholine rings is 1. The zero-order chi connectivity index (χ0) is 22.7. The molecule has 1 aromatic heterocycles. The lowest BCUT2D eigenvalue weighted by Gasteiger charge is -2.26. The summed E-state index contributed by atoms with van der Waals surface area (Å²) in [4.78, 5) is 20.0. The summed E-state index contributed by atoms with van der Waals surface area (Å²) in [5, 5.41) is 3.83. The van der Waals surface area contributed by atoms with E-state index >= 15 is 0 Å². The van der Waals surface area contributed by atoms with Gasteiger partial charge in [-0.05, 0) is 36.8 Å². The van der Waals surface area contributed by atoms with Gasteiger partial charge in [-0.1, -0.05) is 35.3 Å². The minimum Gasteiger partial charge on any atom is -0.379 e. The van der Waals surface area contributed by atoms with Crippen molar-refractivity contribution in [2.24, 2.45) is 0 Å². The van der Waals surface area contributed by atoms with Gasteiger partial charge in [0.2, 0.25) is 5.91 Å². The third-order valence-electron chi connectivity index (χ3n) is 5.68. The monoisotopic (exact) mass is 478 g/mol. The second-order valence-electron chi connectivity index (χ2n) is 7.88. The van der Waals surface area contributed by atoms with Gasteiger partial charge in [0.25, 0.3) is 0 Å². The molecule has 2 heterocycles. The normalized spacial score (nSPS) is 15.8. The van der Waals surface area contributed by atoms with Crippen LogP contribution in [0.3, 0.4) is 0 Å². The van der Waals surface area contributed by atoms with Gasteiger partial charge in [0.05, 0.1) is 34.3 Å². The molecule has 2 aromatic carbocycles. The number of amides is 1. The fourth-order valence-electron chi connectivity index (χ4n) is 3.91. The van der Waals surface area contributed by atoms with Crippen LogP contribution < -0.4 is 5.32 Å². The molecule has 1 N–H and O–H groups in total. The van der Waals surface area contributed by atoms with Crippen molar-refractivity contribution in [1.82, 2.24) is 19.8 Å². The van der Waals surface area contributed by atoms with E-state index < -0.39 is 6.04 Å². The lowest BCUT2D eigenvalue weighted by atomic mass is 10.1. The van der Waals surface area contributed by atoms with E-state index in [1.165, 1.54) is 12.1 Å². The number of rotatable bonds is 7. The van der Waals surface area contributed by atoms with Crippen LogP contribution in [0.1, 0.15) is 24.4 Å². The Balaban J connectivity index is 1.57. The summed E-state index contributed by atoms with van der Waals surface area (Å²) in [6.07, 6.45) is 0.440. The highest BCUT2D eigenvalue weighted by Gasteiger charge is 2.23. The number of hydrogen-bond acceptors (Lipinski definition) is 4. The topological polar surface area (TPSA) is 59.4 Å². The minimum absolute atomic E-state index is 0.107. The maximum atomic E-state index is 13.3. The van der Waals surface area contributed by atoms with E-state index in [0.29, 0.717) is 34.4 Å². The average Bonchev–Trinajstić information content (AvgIpc) is 3.12. The molecule has 0 aliphatic carbocycles. The van der Waals surface area contributed by atoms with Crippen LogP contribution in [0.4, 0.5) is 4.39 Å². The van der Waals surface area contributed by atoms with Crippen molar-refractivity contribution in [2.75, 3.05) is 39.4 Å². The molecule has 6 nitrogen and oxygen atoms in total. The molecule has 1 atom stereocenters. The van der Waals surface area contributed by atoms with Crippen molar-refractivity contribution in [3.63, 3.8) is 0 Å². The van der Waals surface area contributed by atoms with Crippen molar-refractivity contribution < 1.29 is 13.9 Å². The first-order valence-corrected chi connectivity index (χ1v) is 11.4. The molecule has 0 spiro atoms. The number of nitrogens with zero attached hydrogens (tertiary/aromatic N) is 3. The number of imidazole rings is 1. The Hall–Kier alpha value is -2.19. The first-order chi connectivity index (χ1) is 15.4. The molecule has 0 radical (unpaired) electrons. The van der Waals surface area contributed by atoms with E-state index in [4.69, 9.17) is 32.9 Å². The third-order valence-corrected chi connectivity index (χ3v) is 6.40. The Morgan fingerprint density at radius 2 is 1.88 bits per heavy atom.